The summed E-state index contributed by atoms with van der Waals surface area (Å²) in [6.07, 6.45) is 1.05. The number of anilines is 1. The fourth-order valence-electron chi connectivity index (χ4n) is 1.83. The zero-order valence-electron chi connectivity index (χ0n) is 11.8. The van der Waals surface area contributed by atoms with Gasteiger partial charge in [-0.1, -0.05) is 34.5 Å². The Morgan fingerprint density at radius 2 is 2.00 bits per heavy atom. The standard InChI is InChI=1S/C15H17BrClN3/c1-4-7-18-14-9(2)10(3)19-15(20-14)12-8-11(17)5-6-13(12)16/h5-6,8H,4,7H2,1-3H3,(H,18,19,20). The van der Waals surface area contributed by atoms with E-state index in [9.17, 15) is 0 Å². The number of halogens is 2. The van der Waals surface area contributed by atoms with Gasteiger partial charge >= 0.3 is 0 Å². The Bertz CT molecular complexity index is 629. The highest BCUT2D eigenvalue weighted by Gasteiger charge is 2.12. The van der Waals surface area contributed by atoms with Gasteiger partial charge in [-0.3, -0.25) is 0 Å². The van der Waals surface area contributed by atoms with Crippen molar-refractivity contribution in [2.45, 2.75) is 27.2 Å². The quantitative estimate of drug-likeness (QED) is 0.839. The van der Waals surface area contributed by atoms with E-state index in [1.165, 1.54) is 0 Å². The zero-order chi connectivity index (χ0) is 14.7. The maximum absolute atomic E-state index is 6.07. The molecule has 2 aromatic rings. The van der Waals surface area contributed by atoms with E-state index in [4.69, 9.17) is 11.6 Å². The molecule has 0 spiro atoms. The molecule has 0 atom stereocenters. The van der Waals surface area contributed by atoms with Crippen LogP contribution in [0.2, 0.25) is 5.02 Å². The molecule has 5 heteroatoms. The summed E-state index contributed by atoms with van der Waals surface area (Å²) in [6.45, 7) is 7.05. The van der Waals surface area contributed by atoms with Gasteiger partial charge in [-0.15, -0.1) is 0 Å². The van der Waals surface area contributed by atoms with Gasteiger partial charge in [0.2, 0.25) is 0 Å². The third-order valence-corrected chi connectivity index (χ3v) is 4.03. The molecule has 2 rings (SSSR count). The second-order valence-electron chi connectivity index (χ2n) is 4.66. The number of aromatic nitrogens is 2. The van der Waals surface area contributed by atoms with Gasteiger partial charge in [0.05, 0.1) is 0 Å². The summed E-state index contributed by atoms with van der Waals surface area (Å²) in [6, 6.07) is 5.63. The van der Waals surface area contributed by atoms with Gasteiger partial charge in [-0.05, 0) is 38.5 Å². The van der Waals surface area contributed by atoms with Crippen LogP contribution in [0.25, 0.3) is 11.4 Å². The van der Waals surface area contributed by atoms with Gasteiger partial charge in [-0.25, -0.2) is 9.97 Å². The second kappa shape index (κ2) is 6.55. The maximum Gasteiger partial charge on any atom is 0.162 e. The van der Waals surface area contributed by atoms with Gasteiger partial charge in [0.1, 0.15) is 5.82 Å². The van der Waals surface area contributed by atoms with Crippen LogP contribution in [0.4, 0.5) is 5.82 Å². The van der Waals surface area contributed by atoms with Gasteiger partial charge in [-0.2, -0.15) is 0 Å². The predicted octanol–water partition coefficient (Wildman–Crippen LogP) is 5.00. The number of nitrogens with zero attached hydrogens (tertiary/aromatic N) is 2. The van der Waals surface area contributed by atoms with Crippen LogP contribution in [0.15, 0.2) is 22.7 Å². The van der Waals surface area contributed by atoms with Crippen LogP contribution < -0.4 is 5.32 Å². The van der Waals surface area contributed by atoms with Gasteiger partial charge in [0, 0.05) is 32.9 Å². The Hall–Kier alpha value is -1.13. The minimum atomic E-state index is 0.674. The lowest BCUT2D eigenvalue weighted by atomic mass is 10.2. The molecule has 0 saturated heterocycles. The fraction of sp³-hybridized carbons (Fsp3) is 0.333. The smallest absolute Gasteiger partial charge is 0.162 e. The molecule has 0 aliphatic heterocycles. The number of benzene rings is 1. The van der Waals surface area contributed by atoms with Crippen LogP contribution in [0.5, 0.6) is 0 Å². The molecule has 0 fully saturated rings. The lowest BCUT2D eigenvalue weighted by Crippen LogP contribution is -2.07. The van der Waals surface area contributed by atoms with E-state index in [-0.39, 0.29) is 0 Å². The van der Waals surface area contributed by atoms with Crippen molar-refractivity contribution in [3.05, 3.63) is 39.0 Å². The summed E-state index contributed by atoms with van der Waals surface area (Å²) in [5.41, 5.74) is 2.96. The molecule has 1 N–H and O–H groups in total. The van der Waals surface area contributed by atoms with E-state index in [0.717, 1.165) is 40.1 Å². The largest absolute Gasteiger partial charge is 0.370 e. The van der Waals surface area contributed by atoms with Crippen LogP contribution in [0.1, 0.15) is 24.6 Å². The van der Waals surface area contributed by atoms with E-state index in [1.807, 2.05) is 32.0 Å². The highest BCUT2D eigenvalue weighted by molar-refractivity contribution is 9.10. The van der Waals surface area contributed by atoms with Crippen molar-refractivity contribution in [2.24, 2.45) is 0 Å². The first-order chi connectivity index (χ1) is 9.52. The lowest BCUT2D eigenvalue weighted by Gasteiger charge is -2.12. The van der Waals surface area contributed by atoms with Gasteiger partial charge in [0.25, 0.3) is 0 Å². The summed E-state index contributed by atoms with van der Waals surface area (Å²) in [4.78, 5) is 9.21. The summed E-state index contributed by atoms with van der Waals surface area (Å²) in [7, 11) is 0. The van der Waals surface area contributed by atoms with E-state index in [2.05, 4.69) is 38.1 Å². The average Bonchev–Trinajstić information content (AvgIpc) is 2.43. The summed E-state index contributed by atoms with van der Waals surface area (Å²) in [5, 5.41) is 4.02. The molecule has 0 bridgehead atoms. The van der Waals surface area contributed by atoms with Crippen molar-refractivity contribution in [3.8, 4) is 11.4 Å². The SMILES string of the molecule is CCCNc1nc(-c2cc(Cl)ccc2Br)nc(C)c1C. The topological polar surface area (TPSA) is 37.8 Å². The Balaban J connectivity index is 2.51. The molecular weight excluding hydrogens is 338 g/mol. The molecule has 0 radical (unpaired) electrons. The molecule has 1 aromatic carbocycles. The molecule has 0 saturated carbocycles. The van der Waals surface area contributed by atoms with Crippen molar-refractivity contribution in [3.63, 3.8) is 0 Å². The molecule has 20 heavy (non-hydrogen) atoms. The Morgan fingerprint density at radius 3 is 2.70 bits per heavy atom. The number of rotatable bonds is 4. The number of aryl methyl sites for hydroxylation is 1. The Morgan fingerprint density at radius 1 is 1.25 bits per heavy atom. The minimum absolute atomic E-state index is 0.674. The highest BCUT2D eigenvalue weighted by Crippen LogP contribution is 2.30. The Labute approximate surface area is 132 Å². The van der Waals surface area contributed by atoms with E-state index >= 15 is 0 Å². The highest BCUT2D eigenvalue weighted by atomic mass is 79.9. The first-order valence-electron chi connectivity index (χ1n) is 6.57. The zero-order valence-corrected chi connectivity index (χ0v) is 14.1. The van der Waals surface area contributed by atoms with Crippen molar-refractivity contribution < 1.29 is 0 Å². The molecular formula is C15H17BrClN3. The minimum Gasteiger partial charge on any atom is -0.370 e. The number of hydrogen-bond acceptors (Lipinski definition) is 3. The maximum atomic E-state index is 6.07. The van der Waals surface area contributed by atoms with Crippen LogP contribution >= 0.6 is 27.5 Å². The number of nitrogens with one attached hydrogen (secondary N) is 1. The normalized spacial score (nSPS) is 10.7. The first-order valence-corrected chi connectivity index (χ1v) is 7.74. The number of hydrogen-bond donors (Lipinski definition) is 1. The summed E-state index contributed by atoms with van der Waals surface area (Å²) < 4.78 is 0.937. The van der Waals surface area contributed by atoms with E-state index < -0.39 is 0 Å². The van der Waals surface area contributed by atoms with Crippen molar-refractivity contribution in [2.75, 3.05) is 11.9 Å². The monoisotopic (exact) mass is 353 g/mol. The van der Waals surface area contributed by atoms with E-state index in [0.29, 0.717) is 10.8 Å². The van der Waals surface area contributed by atoms with Crippen molar-refractivity contribution in [1.29, 1.82) is 0 Å². The molecule has 0 aliphatic rings. The molecule has 106 valence electrons. The Kier molecular flexibility index (Phi) is 5.00. The van der Waals surface area contributed by atoms with Crippen LogP contribution in [-0.2, 0) is 0 Å². The van der Waals surface area contributed by atoms with Crippen LogP contribution in [0.3, 0.4) is 0 Å². The van der Waals surface area contributed by atoms with Crippen molar-refractivity contribution >= 4 is 33.3 Å². The van der Waals surface area contributed by atoms with Crippen LogP contribution in [0, 0.1) is 13.8 Å². The molecule has 1 heterocycles. The van der Waals surface area contributed by atoms with E-state index in [1.54, 1.807) is 0 Å². The third-order valence-electron chi connectivity index (χ3n) is 3.10. The fourth-order valence-corrected chi connectivity index (χ4v) is 2.43. The van der Waals surface area contributed by atoms with Gasteiger partial charge < -0.3 is 5.32 Å². The van der Waals surface area contributed by atoms with Crippen LogP contribution in [-0.4, -0.2) is 16.5 Å². The third kappa shape index (κ3) is 3.30. The first kappa shape index (κ1) is 15.3. The van der Waals surface area contributed by atoms with Crippen molar-refractivity contribution in [1.82, 2.24) is 9.97 Å². The summed E-state index contributed by atoms with van der Waals surface area (Å²) >= 11 is 9.60. The molecule has 0 amide bonds. The second-order valence-corrected chi connectivity index (χ2v) is 5.95. The molecule has 3 nitrogen and oxygen atoms in total. The predicted molar refractivity (Wildman–Crippen MR) is 88.4 cm³/mol. The average molecular weight is 355 g/mol. The molecule has 0 unspecified atom stereocenters. The molecule has 1 aromatic heterocycles. The molecule has 0 aliphatic carbocycles. The van der Waals surface area contributed by atoms with Gasteiger partial charge in [0.15, 0.2) is 5.82 Å². The summed E-state index contributed by atoms with van der Waals surface area (Å²) in [5.74, 6) is 1.57. The lowest BCUT2D eigenvalue weighted by molar-refractivity contribution is 0.954.